The van der Waals surface area contributed by atoms with Crippen LogP contribution in [0, 0.1) is 0 Å². The lowest BCUT2D eigenvalue weighted by Gasteiger charge is -2.09. The van der Waals surface area contributed by atoms with Crippen molar-refractivity contribution in [3.63, 3.8) is 0 Å². The molecule has 0 atom stereocenters. The highest BCUT2D eigenvalue weighted by Crippen LogP contribution is 2.18. The molecule has 4 nitrogen and oxygen atoms in total. The molecule has 2 aromatic rings. The van der Waals surface area contributed by atoms with Gasteiger partial charge in [-0.2, -0.15) is 8.78 Å². The third-order valence-corrected chi connectivity index (χ3v) is 2.47. The van der Waals surface area contributed by atoms with E-state index in [1.165, 1.54) is 12.4 Å². The van der Waals surface area contributed by atoms with Crippen molar-refractivity contribution in [2.75, 3.05) is 12.4 Å². The second kappa shape index (κ2) is 5.48. The van der Waals surface area contributed by atoms with Gasteiger partial charge in [-0.05, 0) is 24.3 Å². The van der Waals surface area contributed by atoms with Crippen molar-refractivity contribution >= 4 is 5.69 Å². The molecule has 0 unspecified atom stereocenters. The number of aromatic nitrogens is 2. The number of imidazole rings is 1. The highest BCUT2D eigenvalue weighted by Gasteiger charge is 2.11. The number of halogens is 2. The SMILES string of the molecule is CNc1ccc(OCc2nccn2C(F)F)cc1. The molecule has 18 heavy (non-hydrogen) atoms. The van der Waals surface area contributed by atoms with E-state index in [1.807, 2.05) is 19.2 Å². The van der Waals surface area contributed by atoms with Gasteiger partial charge in [0.15, 0.2) is 5.82 Å². The smallest absolute Gasteiger partial charge is 0.320 e. The van der Waals surface area contributed by atoms with Crippen LogP contribution in [0.4, 0.5) is 14.5 Å². The van der Waals surface area contributed by atoms with Crippen LogP contribution < -0.4 is 10.1 Å². The summed E-state index contributed by atoms with van der Waals surface area (Å²) in [5, 5.41) is 2.98. The van der Waals surface area contributed by atoms with Crippen molar-refractivity contribution in [2.45, 2.75) is 13.2 Å². The lowest BCUT2D eigenvalue weighted by Crippen LogP contribution is -2.07. The van der Waals surface area contributed by atoms with Crippen molar-refractivity contribution in [1.29, 1.82) is 0 Å². The number of hydrogen-bond acceptors (Lipinski definition) is 3. The summed E-state index contributed by atoms with van der Waals surface area (Å²) in [6.45, 7) is -2.59. The molecule has 1 N–H and O–H groups in total. The van der Waals surface area contributed by atoms with Crippen LogP contribution in [0.2, 0.25) is 0 Å². The predicted octanol–water partition coefficient (Wildman–Crippen LogP) is 2.90. The van der Waals surface area contributed by atoms with E-state index in [4.69, 9.17) is 4.74 Å². The number of hydrogen-bond donors (Lipinski definition) is 1. The molecule has 0 aliphatic heterocycles. The standard InChI is InChI=1S/C12H13F2N3O/c1-15-9-2-4-10(5-3-9)18-8-11-16-6-7-17(11)12(13)14/h2-7,12,15H,8H2,1H3. The summed E-state index contributed by atoms with van der Waals surface area (Å²) in [6.07, 6.45) is 2.56. The highest BCUT2D eigenvalue weighted by molar-refractivity contribution is 5.45. The van der Waals surface area contributed by atoms with Crippen molar-refractivity contribution in [1.82, 2.24) is 9.55 Å². The Morgan fingerprint density at radius 2 is 2.06 bits per heavy atom. The Morgan fingerprint density at radius 3 is 2.67 bits per heavy atom. The fourth-order valence-electron chi connectivity index (χ4n) is 1.50. The Balaban J connectivity index is 2.00. The average molecular weight is 253 g/mol. The summed E-state index contributed by atoms with van der Waals surface area (Å²) in [6, 6.07) is 7.22. The van der Waals surface area contributed by atoms with E-state index in [9.17, 15) is 8.78 Å². The molecule has 0 fully saturated rings. The molecule has 1 heterocycles. The molecular formula is C12H13F2N3O. The van der Waals surface area contributed by atoms with Gasteiger partial charge in [-0.15, -0.1) is 0 Å². The summed E-state index contributed by atoms with van der Waals surface area (Å²) in [7, 11) is 1.81. The predicted molar refractivity (Wildman–Crippen MR) is 63.8 cm³/mol. The van der Waals surface area contributed by atoms with Crippen molar-refractivity contribution in [3.8, 4) is 5.75 Å². The van der Waals surface area contributed by atoms with Gasteiger partial charge in [0.1, 0.15) is 12.4 Å². The van der Waals surface area contributed by atoms with Crippen LogP contribution >= 0.6 is 0 Å². The molecule has 1 aromatic heterocycles. The third kappa shape index (κ3) is 2.77. The molecule has 0 spiro atoms. The monoisotopic (exact) mass is 253 g/mol. The van der Waals surface area contributed by atoms with Gasteiger partial charge in [-0.1, -0.05) is 0 Å². The van der Waals surface area contributed by atoms with Crippen molar-refractivity contribution in [2.24, 2.45) is 0 Å². The zero-order valence-corrected chi connectivity index (χ0v) is 9.81. The fourth-order valence-corrected chi connectivity index (χ4v) is 1.50. The number of nitrogens with zero attached hydrogens (tertiary/aromatic N) is 2. The lowest BCUT2D eigenvalue weighted by molar-refractivity contribution is 0.0632. The van der Waals surface area contributed by atoms with Crippen LogP contribution in [0.25, 0.3) is 0 Å². The first-order valence-electron chi connectivity index (χ1n) is 5.41. The highest BCUT2D eigenvalue weighted by atomic mass is 19.3. The first kappa shape index (κ1) is 12.3. The van der Waals surface area contributed by atoms with Gasteiger partial charge < -0.3 is 10.1 Å². The molecule has 2 rings (SSSR count). The second-order valence-electron chi connectivity index (χ2n) is 3.59. The Bertz CT molecular complexity index is 496. The van der Waals surface area contributed by atoms with Crippen LogP contribution in [0.15, 0.2) is 36.7 Å². The van der Waals surface area contributed by atoms with E-state index in [2.05, 4.69) is 10.3 Å². The lowest BCUT2D eigenvalue weighted by atomic mass is 10.3. The summed E-state index contributed by atoms with van der Waals surface area (Å²) in [5.41, 5.74) is 0.955. The summed E-state index contributed by atoms with van der Waals surface area (Å²) in [4.78, 5) is 3.83. The first-order chi connectivity index (χ1) is 8.70. The number of nitrogens with one attached hydrogen (secondary N) is 1. The minimum absolute atomic E-state index is 0.0102. The normalized spacial score (nSPS) is 10.7. The van der Waals surface area contributed by atoms with Gasteiger partial charge in [-0.3, -0.25) is 4.57 Å². The molecule has 1 aromatic carbocycles. The third-order valence-electron chi connectivity index (χ3n) is 2.47. The number of alkyl halides is 2. The summed E-state index contributed by atoms with van der Waals surface area (Å²) in [5.74, 6) is 0.806. The van der Waals surface area contributed by atoms with Crippen LogP contribution in [0.3, 0.4) is 0 Å². The van der Waals surface area contributed by atoms with Crippen LogP contribution in [0.1, 0.15) is 12.4 Å². The van der Waals surface area contributed by atoms with Crippen LogP contribution in [-0.4, -0.2) is 16.6 Å². The van der Waals surface area contributed by atoms with Gasteiger partial charge in [0.25, 0.3) is 0 Å². The van der Waals surface area contributed by atoms with Gasteiger partial charge in [0.05, 0.1) is 0 Å². The van der Waals surface area contributed by atoms with Crippen molar-refractivity contribution in [3.05, 3.63) is 42.5 Å². The zero-order valence-electron chi connectivity index (χ0n) is 9.81. The maximum Gasteiger partial charge on any atom is 0.320 e. The van der Waals surface area contributed by atoms with Gasteiger partial charge in [0.2, 0.25) is 0 Å². The van der Waals surface area contributed by atoms with Crippen molar-refractivity contribution < 1.29 is 13.5 Å². The number of rotatable bonds is 5. The first-order valence-corrected chi connectivity index (χ1v) is 5.41. The molecule has 0 radical (unpaired) electrons. The van der Waals surface area contributed by atoms with E-state index >= 15 is 0 Å². The van der Waals surface area contributed by atoms with Crippen LogP contribution in [-0.2, 0) is 6.61 Å². The molecule has 96 valence electrons. The average Bonchev–Trinajstić information content (AvgIpc) is 2.85. The van der Waals surface area contributed by atoms with E-state index < -0.39 is 6.55 Å². The number of ether oxygens (including phenoxy) is 1. The minimum Gasteiger partial charge on any atom is -0.486 e. The second-order valence-corrected chi connectivity index (χ2v) is 3.59. The van der Waals surface area contributed by atoms with E-state index in [-0.39, 0.29) is 12.4 Å². The van der Waals surface area contributed by atoms with Gasteiger partial charge in [-0.25, -0.2) is 4.98 Å². The van der Waals surface area contributed by atoms with E-state index in [0.29, 0.717) is 5.75 Å². The molecule has 0 amide bonds. The summed E-state index contributed by atoms with van der Waals surface area (Å²) >= 11 is 0. The zero-order chi connectivity index (χ0) is 13.0. The largest absolute Gasteiger partial charge is 0.486 e. The molecule has 0 aliphatic carbocycles. The maximum absolute atomic E-state index is 12.5. The molecule has 0 saturated heterocycles. The topological polar surface area (TPSA) is 39.1 Å². The maximum atomic E-state index is 12.5. The quantitative estimate of drug-likeness (QED) is 0.890. The molecule has 0 bridgehead atoms. The van der Waals surface area contributed by atoms with E-state index in [0.717, 1.165) is 10.3 Å². The van der Waals surface area contributed by atoms with Gasteiger partial charge in [0, 0.05) is 25.1 Å². The Kier molecular flexibility index (Phi) is 3.76. The Hall–Kier alpha value is -2.11. The molecule has 0 saturated carbocycles. The fraction of sp³-hybridized carbons (Fsp3) is 0.250. The molecule has 0 aliphatic rings. The molecular weight excluding hydrogens is 240 g/mol. The molecule has 6 heteroatoms. The summed E-state index contributed by atoms with van der Waals surface area (Å²) < 4.78 is 31.3. The Morgan fingerprint density at radius 1 is 1.33 bits per heavy atom. The Labute approximate surface area is 103 Å². The van der Waals surface area contributed by atoms with E-state index in [1.54, 1.807) is 12.1 Å². The minimum atomic E-state index is -2.60. The van der Waals surface area contributed by atoms with Gasteiger partial charge >= 0.3 is 6.55 Å². The number of benzene rings is 1. The number of anilines is 1. The van der Waals surface area contributed by atoms with Crippen LogP contribution in [0.5, 0.6) is 5.75 Å².